The number of carbonyl (C=O) groups is 2. The van der Waals surface area contributed by atoms with Crippen LogP contribution in [-0.4, -0.2) is 30.8 Å². The van der Waals surface area contributed by atoms with Crippen molar-refractivity contribution in [3.63, 3.8) is 0 Å². The lowest BCUT2D eigenvalue weighted by molar-refractivity contribution is -0.238. The number of rotatable bonds is 1. The van der Waals surface area contributed by atoms with Crippen LogP contribution in [0.15, 0.2) is 23.5 Å². The van der Waals surface area contributed by atoms with Crippen LogP contribution < -0.4 is 0 Å². The van der Waals surface area contributed by atoms with Crippen molar-refractivity contribution < 1.29 is 23.8 Å². The zero-order valence-electron chi connectivity index (χ0n) is 17.1. The fourth-order valence-electron chi connectivity index (χ4n) is 7.28. The minimum Gasteiger partial charge on any atom is -0.431 e. The van der Waals surface area contributed by atoms with Gasteiger partial charge in [0.05, 0.1) is 13.2 Å². The third-order valence-corrected chi connectivity index (χ3v) is 8.50. The summed E-state index contributed by atoms with van der Waals surface area (Å²) in [6.45, 7) is 7.18. The molecule has 5 heteroatoms. The minimum absolute atomic E-state index is 0.0391. The molecule has 1 heterocycles. The predicted molar refractivity (Wildman–Crippen MR) is 102 cm³/mol. The van der Waals surface area contributed by atoms with Gasteiger partial charge in [-0.2, -0.15) is 0 Å². The molecule has 0 N–H and O–H groups in total. The largest absolute Gasteiger partial charge is 0.431 e. The fraction of sp³-hybridized carbons (Fsp3) is 0.739. The third kappa shape index (κ3) is 2.32. The second kappa shape index (κ2) is 6.02. The summed E-state index contributed by atoms with van der Waals surface area (Å²) in [5, 5.41) is 0. The summed E-state index contributed by atoms with van der Waals surface area (Å²) in [7, 11) is 0. The zero-order chi connectivity index (χ0) is 19.7. The van der Waals surface area contributed by atoms with E-state index in [-0.39, 0.29) is 22.7 Å². The van der Waals surface area contributed by atoms with Crippen LogP contribution in [0.1, 0.15) is 59.3 Å². The van der Waals surface area contributed by atoms with Crippen LogP contribution in [-0.2, 0) is 23.8 Å². The summed E-state index contributed by atoms with van der Waals surface area (Å²) < 4.78 is 17.6. The van der Waals surface area contributed by atoms with Gasteiger partial charge in [-0.3, -0.25) is 9.59 Å². The van der Waals surface area contributed by atoms with E-state index in [1.807, 2.05) is 6.08 Å². The summed E-state index contributed by atoms with van der Waals surface area (Å²) in [6.07, 6.45) is 9.29. The Morgan fingerprint density at radius 3 is 2.68 bits per heavy atom. The number of ketones is 1. The monoisotopic (exact) mass is 386 g/mol. The van der Waals surface area contributed by atoms with Gasteiger partial charge >= 0.3 is 5.97 Å². The Labute approximate surface area is 166 Å². The Hall–Kier alpha value is -1.46. The first-order valence-corrected chi connectivity index (χ1v) is 10.7. The molecule has 1 aliphatic heterocycles. The molecule has 1 spiro atoms. The molecule has 3 unspecified atom stereocenters. The van der Waals surface area contributed by atoms with Crippen LogP contribution in [0, 0.1) is 28.6 Å². The number of hydrogen-bond acceptors (Lipinski definition) is 5. The van der Waals surface area contributed by atoms with Gasteiger partial charge < -0.3 is 14.2 Å². The van der Waals surface area contributed by atoms with E-state index in [0.717, 1.165) is 31.4 Å². The lowest BCUT2D eigenvalue weighted by Crippen LogP contribution is -2.58. The molecule has 4 aliphatic carbocycles. The number of esters is 1. The first-order valence-electron chi connectivity index (χ1n) is 10.7. The molecule has 3 fully saturated rings. The van der Waals surface area contributed by atoms with Gasteiger partial charge in [0.25, 0.3) is 0 Å². The normalized spacial score (nSPS) is 43.7. The van der Waals surface area contributed by atoms with Crippen LogP contribution in [0.5, 0.6) is 0 Å². The zero-order valence-corrected chi connectivity index (χ0v) is 17.1. The van der Waals surface area contributed by atoms with Crippen LogP contribution in [0.25, 0.3) is 0 Å². The standard InChI is InChI=1S/C23H30O5/c1-14(24)28-16-6-8-21(2)15(12-16)4-5-17-18-7-9-23(26-10-11-27-23)22(18,3)13-19(25)20(17)21/h4,12,17-18,20H,5-11,13H2,1-3H3/t17?,18?,20?,21-,22-/m0/s1. The Kier molecular flexibility index (Phi) is 3.99. The molecule has 0 radical (unpaired) electrons. The van der Waals surface area contributed by atoms with E-state index in [0.29, 0.717) is 43.7 Å². The maximum absolute atomic E-state index is 13.6. The lowest BCUT2D eigenvalue weighted by Gasteiger charge is -2.56. The molecule has 5 aliphatic rings. The van der Waals surface area contributed by atoms with Crippen molar-refractivity contribution in [1.82, 2.24) is 0 Å². The highest BCUT2D eigenvalue weighted by Gasteiger charge is 2.68. The SMILES string of the molecule is CC(=O)OC1=CC2=CCC3C(C(=O)C[C@@]4(C)C3CCC43OCCO3)[C@@]2(C)CC1. The number of allylic oxidation sites excluding steroid dienone is 4. The molecule has 5 rings (SSSR count). The molecule has 5 nitrogen and oxygen atoms in total. The van der Waals surface area contributed by atoms with Crippen molar-refractivity contribution in [1.29, 1.82) is 0 Å². The average Bonchev–Trinajstić information content (AvgIpc) is 3.21. The molecule has 0 amide bonds. The maximum Gasteiger partial charge on any atom is 0.307 e. The number of hydrogen-bond donors (Lipinski definition) is 0. The van der Waals surface area contributed by atoms with E-state index in [2.05, 4.69) is 19.9 Å². The van der Waals surface area contributed by atoms with E-state index in [1.165, 1.54) is 12.5 Å². The molecule has 1 saturated heterocycles. The molecule has 28 heavy (non-hydrogen) atoms. The van der Waals surface area contributed by atoms with Gasteiger partial charge in [-0.15, -0.1) is 0 Å². The number of ether oxygens (including phenoxy) is 3. The van der Waals surface area contributed by atoms with Crippen molar-refractivity contribution in [2.75, 3.05) is 13.2 Å². The topological polar surface area (TPSA) is 61.8 Å². The Morgan fingerprint density at radius 1 is 1.21 bits per heavy atom. The summed E-state index contributed by atoms with van der Waals surface area (Å²) in [4.78, 5) is 24.9. The maximum atomic E-state index is 13.6. The molecular formula is C23H30O5. The Balaban J connectivity index is 1.51. The molecule has 0 aromatic heterocycles. The van der Waals surface area contributed by atoms with Gasteiger partial charge in [-0.05, 0) is 42.7 Å². The first-order chi connectivity index (χ1) is 13.3. The highest BCUT2D eigenvalue weighted by molar-refractivity contribution is 5.85. The highest BCUT2D eigenvalue weighted by Crippen LogP contribution is 2.67. The van der Waals surface area contributed by atoms with Crippen molar-refractivity contribution in [3.05, 3.63) is 23.5 Å². The van der Waals surface area contributed by atoms with E-state index >= 15 is 0 Å². The van der Waals surface area contributed by atoms with Gasteiger partial charge in [-0.25, -0.2) is 0 Å². The van der Waals surface area contributed by atoms with Gasteiger partial charge in [0.15, 0.2) is 5.79 Å². The fourth-order valence-corrected chi connectivity index (χ4v) is 7.28. The predicted octanol–water partition coefficient (Wildman–Crippen LogP) is 3.93. The van der Waals surface area contributed by atoms with Crippen LogP contribution in [0.4, 0.5) is 0 Å². The molecule has 0 aromatic carbocycles. The quantitative estimate of drug-likeness (QED) is 0.639. The van der Waals surface area contributed by atoms with Gasteiger partial charge in [0.2, 0.25) is 0 Å². The second-order valence-electron chi connectivity index (χ2n) is 9.81. The summed E-state index contributed by atoms with van der Waals surface area (Å²) in [5.74, 6) is 1.09. The van der Waals surface area contributed by atoms with Crippen molar-refractivity contribution >= 4 is 11.8 Å². The van der Waals surface area contributed by atoms with Crippen LogP contribution in [0.3, 0.4) is 0 Å². The van der Waals surface area contributed by atoms with Crippen LogP contribution >= 0.6 is 0 Å². The van der Waals surface area contributed by atoms with E-state index in [9.17, 15) is 9.59 Å². The molecule has 152 valence electrons. The average molecular weight is 386 g/mol. The van der Waals surface area contributed by atoms with Crippen molar-refractivity contribution in [2.24, 2.45) is 28.6 Å². The van der Waals surface area contributed by atoms with E-state index in [4.69, 9.17) is 14.2 Å². The molecule has 5 atom stereocenters. The minimum atomic E-state index is -0.557. The molecule has 2 saturated carbocycles. The Bertz CT molecular complexity index is 789. The number of carbonyl (C=O) groups excluding carboxylic acids is 2. The highest BCUT2D eigenvalue weighted by atomic mass is 16.7. The lowest BCUT2D eigenvalue weighted by atomic mass is 9.48. The third-order valence-electron chi connectivity index (χ3n) is 8.50. The van der Waals surface area contributed by atoms with Crippen molar-refractivity contribution in [3.8, 4) is 0 Å². The molecule has 0 bridgehead atoms. The van der Waals surface area contributed by atoms with E-state index < -0.39 is 5.79 Å². The van der Waals surface area contributed by atoms with Crippen LogP contribution in [0.2, 0.25) is 0 Å². The second-order valence-corrected chi connectivity index (χ2v) is 9.81. The summed E-state index contributed by atoms with van der Waals surface area (Å²) >= 11 is 0. The molecular weight excluding hydrogens is 356 g/mol. The Morgan fingerprint density at radius 2 is 1.96 bits per heavy atom. The van der Waals surface area contributed by atoms with E-state index in [1.54, 1.807) is 0 Å². The number of Topliss-reactive ketones (excluding diaryl/α,β-unsaturated/α-hetero) is 1. The summed E-state index contributed by atoms with van der Waals surface area (Å²) in [5.41, 5.74) is 0.781. The van der Waals surface area contributed by atoms with Crippen molar-refractivity contribution in [2.45, 2.75) is 65.1 Å². The smallest absolute Gasteiger partial charge is 0.307 e. The number of fused-ring (bicyclic) bond motifs is 6. The summed E-state index contributed by atoms with van der Waals surface area (Å²) in [6, 6.07) is 0. The molecule has 0 aromatic rings. The van der Waals surface area contributed by atoms with Gasteiger partial charge in [0, 0.05) is 42.9 Å². The first kappa shape index (κ1) is 18.6. The van der Waals surface area contributed by atoms with Gasteiger partial charge in [0.1, 0.15) is 11.5 Å². The van der Waals surface area contributed by atoms with Gasteiger partial charge in [-0.1, -0.05) is 19.9 Å².